The molecule has 0 aromatic heterocycles. The molecule has 154 valence electrons. The summed E-state index contributed by atoms with van der Waals surface area (Å²) in [6.07, 6.45) is 2.92. The first-order valence-electron chi connectivity index (χ1n) is 8.66. The summed E-state index contributed by atoms with van der Waals surface area (Å²) in [5, 5.41) is 2.60. The topological polar surface area (TPSA) is 77.1 Å². The summed E-state index contributed by atoms with van der Waals surface area (Å²) in [6, 6.07) is 8.77. The van der Waals surface area contributed by atoms with Crippen LogP contribution in [0.3, 0.4) is 0 Å². The number of nitrogens with one attached hydrogen (secondary N) is 1. The van der Waals surface area contributed by atoms with Gasteiger partial charge in [0.1, 0.15) is 5.82 Å². The summed E-state index contributed by atoms with van der Waals surface area (Å²) in [4.78, 5) is 25.6. The Morgan fingerprint density at radius 2 is 1.62 bits per heavy atom. The monoisotopic (exact) mass is 402 g/mol. The van der Waals surface area contributed by atoms with E-state index in [1.807, 2.05) is 0 Å². The van der Waals surface area contributed by atoms with Crippen molar-refractivity contribution in [1.29, 1.82) is 0 Å². The van der Waals surface area contributed by atoms with Crippen LogP contribution in [-0.2, 0) is 9.59 Å². The Labute approximate surface area is 168 Å². The number of anilines is 1. The Morgan fingerprint density at radius 1 is 1.03 bits per heavy atom. The number of rotatable bonds is 8. The first-order chi connectivity index (χ1) is 13.9. The molecule has 0 atom stereocenters. The zero-order valence-corrected chi connectivity index (χ0v) is 16.7. The van der Waals surface area contributed by atoms with Gasteiger partial charge in [0.2, 0.25) is 17.6 Å². The molecule has 0 aliphatic carbocycles. The van der Waals surface area contributed by atoms with Crippen molar-refractivity contribution in [3.63, 3.8) is 0 Å². The number of likely N-dealkylation sites (N-methyl/N-ethyl adjacent to an activating group) is 1. The molecule has 0 radical (unpaired) electrons. The predicted molar refractivity (Wildman–Crippen MR) is 108 cm³/mol. The molecule has 0 aliphatic heterocycles. The second-order valence-corrected chi connectivity index (χ2v) is 6.04. The molecule has 0 aliphatic rings. The third kappa shape index (κ3) is 5.97. The molecule has 0 unspecified atom stereocenters. The molecule has 1 N–H and O–H groups in total. The van der Waals surface area contributed by atoms with Gasteiger partial charge in [0.15, 0.2) is 11.5 Å². The Morgan fingerprint density at radius 3 is 2.14 bits per heavy atom. The van der Waals surface area contributed by atoms with Crippen LogP contribution in [0.5, 0.6) is 17.2 Å². The molecule has 8 heteroatoms. The lowest BCUT2D eigenvalue weighted by Crippen LogP contribution is -2.33. The van der Waals surface area contributed by atoms with Gasteiger partial charge in [0.25, 0.3) is 0 Å². The Kier molecular flexibility index (Phi) is 7.59. The molecular formula is C21H23FN2O5. The maximum Gasteiger partial charge on any atom is 0.246 e. The highest BCUT2D eigenvalue weighted by Gasteiger charge is 2.14. The standard InChI is InChI=1S/C21H23FN2O5/c1-24(13-19(25)23-16-8-6-15(22)7-9-16)20(26)10-5-14-11-17(27-2)21(29-4)18(12-14)28-3/h5-12H,13H2,1-4H3,(H,23,25)/b10-5+. The Bertz CT molecular complexity index is 871. The number of hydrogen-bond acceptors (Lipinski definition) is 5. The number of benzene rings is 2. The summed E-state index contributed by atoms with van der Waals surface area (Å²) in [6.45, 7) is -0.157. The van der Waals surface area contributed by atoms with Gasteiger partial charge >= 0.3 is 0 Å². The summed E-state index contributed by atoms with van der Waals surface area (Å²) in [5.74, 6) is 0.221. The number of hydrogen-bond donors (Lipinski definition) is 1. The average Bonchev–Trinajstić information content (AvgIpc) is 2.72. The Balaban J connectivity index is 2.02. The van der Waals surface area contributed by atoms with E-state index in [0.717, 1.165) is 0 Å². The fourth-order valence-electron chi connectivity index (χ4n) is 2.52. The van der Waals surface area contributed by atoms with E-state index in [1.165, 1.54) is 63.6 Å². The summed E-state index contributed by atoms with van der Waals surface area (Å²) in [7, 11) is 6.02. The molecule has 0 fully saturated rings. The first kappa shape index (κ1) is 21.7. The summed E-state index contributed by atoms with van der Waals surface area (Å²) < 4.78 is 28.7. The Hall–Kier alpha value is -3.55. The molecule has 7 nitrogen and oxygen atoms in total. The highest BCUT2D eigenvalue weighted by molar-refractivity contribution is 5.98. The van der Waals surface area contributed by atoms with Gasteiger partial charge in [-0.1, -0.05) is 0 Å². The lowest BCUT2D eigenvalue weighted by Gasteiger charge is -2.15. The van der Waals surface area contributed by atoms with Crippen LogP contribution in [-0.4, -0.2) is 51.6 Å². The van der Waals surface area contributed by atoms with Crippen molar-refractivity contribution in [2.45, 2.75) is 0 Å². The number of carbonyl (C=O) groups excluding carboxylic acids is 2. The average molecular weight is 402 g/mol. The second-order valence-electron chi connectivity index (χ2n) is 6.04. The molecule has 29 heavy (non-hydrogen) atoms. The quantitative estimate of drug-likeness (QED) is 0.687. The number of ether oxygens (including phenoxy) is 3. The highest BCUT2D eigenvalue weighted by Crippen LogP contribution is 2.38. The van der Waals surface area contributed by atoms with E-state index in [4.69, 9.17) is 14.2 Å². The molecule has 0 bridgehead atoms. The van der Waals surface area contributed by atoms with E-state index >= 15 is 0 Å². The molecule has 2 aromatic carbocycles. The molecule has 0 heterocycles. The summed E-state index contributed by atoms with van der Waals surface area (Å²) in [5.41, 5.74) is 1.11. The van der Waals surface area contributed by atoms with Crippen LogP contribution in [0.25, 0.3) is 6.08 Å². The zero-order chi connectivity index (χ0) is 21.4. The SMILES string of the molecule is COc1cc(/C=C/C(=O)N(C)CC(=O)Nc2ccc(F)cc2)cc(OC)c1OC. The minimum atomic E-state index is -0.396. The van der Waals surface area contributed by atoms with Crippen LogP contribution in [0.2, 0.25) is 0 Å². The molecule has 0 spiro atoms. The van der Waals surface area contributed by atoms with Crippen LogP contribution in [0, 0.1) is 5.82 Å². The number of methoxy groups -OCH3 is 3. The van der Waals surface area contributed by atoms with Crippen LogP contribution < -0.4 is 19.5 Å². The smallest absolute Gasteiger partial charge is 0.246 e. The lowest BCUT2D eigenvalue weighted by atomic mass is 10.1. The third-order valence-corrected chi connectivity index (χ3v) is 3.99. The maximum absolute atomic E-state index is 12.9. The van der Waals surface area contributed by atoms with Crippen LogP contribution in [0.1, 0.15) is 5.56 Å². The molecule has 2 aromatic rings. The van der Waals surface area contributed by atoms with Crippen LogP contribution in [0.4, 0.5) is 10.1 Å². The van der Waals surface area contributed by atoms with E-state index in [2.05, 4.69) is 5.32 Å². The van der Waals surface area contributed by atoms with Gasteiger partial charge in [0.05, 0.1) is 27.9 Å². The minimum absolute atomic E-state index is 0.157. The molecular weight excluding hydrogens is 379 g/mol. The number of carbonyl (C=O) groups is 2. The van der Waals surface area contributed by atoms with Crippen LogP contribution >= 0.6 is 0 Å². The predicted octanol–water partition coefficient (Wildman–Crippen LogP) is 2.96. The number of halogens is 1. The van der Waals surface area contributed by atoms with Crippen molar-refractivity contribution >= 4 is 23.6 Å². The van der Waals surface area contributed by atoms with Gasteiger partial charge in [0, 0.05) is 18.8 Å². The first-order valence-corrected chi connectivity index (χ1v) is 8.66. The van der Waals surface area contributed by atoms with E-state index in [1.54, 1.807) is 18.2 Å². The van der Waals surface area contributed by atoms with Gasteiger partial charge in [-0.2, -0.15) is 0 Å². The zero-order valence-electron chi connectivity index (χ0n) is 16.7. The second kappa shape index (κ2) is 10.1. The van der Waals surface area contributed by atoms with Gasteiger partial charge in [-0.15, -0.1) is 0 Å². The fourth-order valence-corrected chi connectivity index (χ4v) is 2.52. The van der Waals surface area contributed by atoms with Crippen LogP contribution in [0.15, 0.2) is 42.5 Å². The van der Waals surface area contributed by atoms with Crippen molar-refractivity contribution in [3.8, 4) is 17.2 Å². The molecule has 2 amide bonds. The molecule has 0 saturated heterocycles. The van der Waals surface area contributed by atoms with Crippen molar-refractivity contribution in [1.82, 2.24) is 4.90 Å². The van der Waals surface area contributed by atoms with Crippen molar-refractivity contribution < 1.29 is 28.2 Å². The number of amides is 2. The fraction of sp³-hybridized carbons (Fsp3) is 0.238. The van der Waals surface area contributed by atoms with Gasteiger partial charge in [-0.25, -0.2) is 4.39 Å². The van der Waals surface area contributed by atoms with E-state index in [0.29, 0.717) is 28.5 Å². The highest BCUT2D eigenvalue weighted by atomic mass is 19.1. The lowest BCUT2D eigenvalue weighted by molar-refractivity contribution is -0.129. The summed E-state index contributed by atoms with van der Waals surface area (Å²) >= 11 is 0. The van der Waals surface area contributed by atoms with E-state index in [-0.39, 0.29) is 12.5 Å². The minimum Gasteiger partial charge on any atom is -0.493 e. The van der Waals surface area contributed by atoms with Crippen molar-refractivity contribution in [3.05, 3.63) is 53.9 Å². The molecule has 0 saturated carbocycles. The molecule has 2 rings (SSSR count). The van der Waals surface area contributed by atoms with Crippen molar-refractivity contribution in [2.24, 2.45) is 0 Å². The van der Waals surface area contributed by atoms with E-state index < -0.39 is 11.7 Å². The largest absolute Gasteiger partial charge is 0.493 e. The maximum atomic E-state index is 12.9. The van der Waals surface area contributed by atoms with E-state index in [9.17, 15) is 14.0 Å². The van der Waals surface area contributed by atoms with Crippen molar-refractivity contribution in [2.75, 3.05) is 40.2 Å². The van der Waals surface area contributed by atoms with Gasteiger partial charge in [-0.3, -0.25) is 9.59 Å². The van der Waals surface area contributed by atoms with Gasteiger partial charge in [-0.05, 0) is 48.0 Å². The van der Waals surface area contributed by atoms with Gasteiger partial charge < -0.3 is 24.4 Å². The normalized spacial score (nSPS) is 10.5. The number of nitrogens with zero attached hydrogens (tertiary/aromatic N) is 1. The third-order valence-electron chi connectivity index (χ3n) is 3.99.